The minimum absolute atomic E-state index is 0.179. The molecule has 2 saturated carbocycles. The minimum atomic E-state index is -1.05. The number of ether oxygens (including phenoxy) is 1. The average molecular weight is 467 g/mol. The fourth-order valence-corrected chi connectivity index (χ4v) is 5.74. The minimum Gasteiger partial charge on any atom is -0.454 e. The van der Waals surface area contributed by atoms with Gasteiger partial charge in [0.1, 0.15) is 6.04 Å². The van der Waals surface area contributed by atoms with Gasteiger partial charge >= 0.3 is 5.97 Å². The quantitative estimate of drug-likeness (QED) is 0.511. The number of hydrogen-bond donors (Lipinski definition) is 1. The zero-order valence-electron chi connectivity index (χ0n) is 17.3. The second-order valence-electron chi connectivity index (χ2n) is 8.88. The molecule has 4 rings (SSSR count). The molecule has 3 aliphatic rings. The first-order valence-electron chi connectivity index (χ1n) is 10.5. The number of benzene rings is 1. The van der Waals surface area contributed by atoms with Crippen LogP contribution >= 0.6 is 23.2 Å². The molecule has 2 aliphatic carbocycles. The van der Waals surface area contributed by atoms with Gasteiger partial charge in [-0.25, -0.2) is 4.79 Å². The van der Waals surface area contributed by atoms with Crippen LogP contribution < -0.4 is 5.32 Å². The van der Waals surface area contributed by atoms with Gasteiger partial charge in [-0.3, -0.25) is 19.3 Å². The van der Waals surface area contributed by atoms with Crippen molar-refractivity contribution in [2.45, 2.75) is 39.2 Å². The summed E-state index contributed by atoms with van der Waals surface area (Å²) in [5.41, 5.74) is 0.295. The van der Waals surface area contributed by atoms with Gasteiger partial charge in [0.15, 0.2) is 6.61 Å². The van der Waals surface area contributed by atoms with Crippen molar-refractivity contribution in [1.29, 1.82) is 0 Å². The number of esters is 1. The summed E-state index contributed by atoms with van der Waals surface area (Å²) >= 11 is 12.0. The van der Waals surface area contributed by atoms with E-state index in [0.717, 1.165) is 24.2 Å². The van der Waals surface area contributed by atoms with Gasteiger partial charge in [0.2, 0.25) is 11.8 Å². The molecule has 1 heterocycles. The third kappa shape index (κ3) is 3.82. The van der Waals surface area contributed by atoms with Crippen molar-refractivity contribution in [3.8, 4) is 0 Å². The van der Waals surface area contributed by atoms with E-state index >= 15 is 0 Å². The molecule has 1 aromatic carbocycles. The Hall–Kier alpha value is -2.12. The van der Waals surface area contributed by atoms with Crippen LogP contribution in [0.4, 0.5) is 5.69 Å². The Morgan fingerprint density at radius 2 is 1.74 bits per heavy atom. The van der Waals surface area contributed by atoms with Crippen molar-refractivity contribution in [2.24, 2.45) is 29.6 Å². The normalized spacial score (nSPS) is 27.6. The summed E-state index contributed by atoms with van der Waals surface area (Å²) in [5.74, 6) is -2.42. The molecule has 9 heteroatoms. The van der Waals surface area contributed by atoms with Crippen LogP contribution in [0.2, 0.25) is 10.0 Å². The Bertz CT molecular complexity index is 922. The Morgan fingerprint density at radius 3 is 2.32 bits per heavy atom. The number of anilines is 1. The van der Waals surface area contributed by atoms with E-state index < -0.39 is 24.5 Å². The second-order valence-corrected chi connectivity index (χ2v) is 9.66. The van der Waals surface area contributed by atoms with E-state index in [1.165, 1.54) is 0 Å². The van der Waals surface area contributed by atoms with Gasteiger partial charge in [-0.15, -0.1) is 0 Å². The number of nitrogens with one attached hydrogen (secondary N) is 1. The fraction of sp³-hybridized carbons (Fsp3) is 0.545. The molecule has 1 saturated heterocycles. The Kier molecular flexibility index (Phi) is 6.01. The summed E-state index contributed by atoms with van der Waals surface area (Å²) in [6.07, 6.45) is 2.84. The molecule has 2 bridgehead atoms. The van der Waals surface area contributed by atoms with E-state index in [4.69, 9.17) is 27.9 Å². The molecule has 0 aromatic heterocycles. The Labute approximate surface area is 190 Å². The van der Waals surface area contributed by atoms with Crippen LogP contribution in [-0.2, 0) is 23.9 Å². The number of halogens is 2. The van der Waals surface area contributed by atoms with Crippen LogP contribution in [0.15, 0.2) is 18.2 Å². The Balaban J connectivity index is 1.42. The van der Waals surface area contributed by atoms with Crippen LogP contribution in [0.5, 0.6) is 0 Å². The zero-order chi connectivity index (χ0) is 22.4. The lowest BCUT2D eigenvalue weighted by Gasteiger charge is -2.28. The Morgan fingerprint density at radius 1 is 1.13 bits per heavy atom. The highest BCUT2D eigenvalue weighted by molar-refractivity contribution is 6.44. The molecular formula is C22H24Cl2N2O5. The van der Waals surface area contributed by atoms with Crippen molar-refractivity contribution >= 4 is 52.6 Å². The topological polar surface area (TPSA) is 92.8 Å². The average Bonchev–Trinajstić information content (AvgIpc) is 3.40. The lowest BCUT2D eigenvalue weighted by molar-refractivity contribution is -0.162. The predicted octanol–water partition coefficient (Wildman–Crippen LogP) is 3.53. The predicted molar refractivity (Wildman–Crippen MR) is 114 cm³/mol. The third-order valence-electron chi connectivity index (χ3n) is 6.68. The van der Waals surface area contributed by atoms with Crippen LogP contribution in [0.3, 0.4) is 0 Å². The van der Waals surface area contributed by atoms with Crippen molar-refractivity contribution in [2.75, 3.05) is 11.9 Å². The number of carbonyl (C=O) groups is 4. The first-order valence-corrected chi connectivity index (χ1v) is 11.2. The molecule has 1 N–H and O–H groups in total. The molecule has 0 radical (unpaired) electrons. The summed E-state index contributed by atoms with van der Waals surface area (Å²) in [7, 11) is 0. The SMILES string of the molecule is CC(C)[C@@H](C(=O)OCC(=O)Nc1cccc(Cl)c1Cl)N1C(=O)[C@@H]2[C@H]3CC[C@@H](C3)[C@@H]2C1=O. The zero-order valence-corrected chi connectivity index (χ0v) is 18.8. The highest BCUT2D eigenvalue weighted by Crippen LogP contribution is 2.56. The van der Waals surface area contributed by atoms with Crippen molar-refractivity contribution in [3.63, 3.8) is 0 Å². The fourth-order valence-electron chi connectivity index (χ4n) is 5.39. The summed E-state index contributed by atoms with van der Waals surface area (Å²) in [6, 6.07) is 3.73. The summed E-state index contributed by atoms with van der Waals surface area (Å²) in [5, 5.41) is 2.99. The number of fused-ring (bicyclic) bond motifs is 5. The number of amides is 3. The summed E-state index contributed by atoms with van der Waals surface area (Å²) in [6.45, 7) is 2.93. The molecule has 5 atom stereocenters. The van der Waals surface area contributed by atoms with E-state index in [2.05, 4.69) is 5.32 Å². The molecule has 0 unspecified atom stereocenters. The number of likely N-dealkylation sites (tertiary alicyclic amines) is 1. The van der Waals surface area contributed by atoms with E-state index in [-0.39, 0.29) is 51.4 Å². The van der Waals surface area contributed by atoms with Gasteiger partial charge in [0, 0.05) is 0 Å². The van der Waals surface area contributed by atoms with E-state index in [9.17, 15) is 19.2 Å². The van der Waals surface area contributed by atoms with Gasteiger partial charge < -0.3 is 10.1 Å². The number of imide groups is 1. The maximum atomic E-state index is 13.1. The third-order valence-corrected chi connectivity index (χ3v) is 7.50. The molecule has 1 aliphatic heterocycles. The van der Waals surface area contributed by atoms with Gasteiger partial charge in [0.25, 0.3) is 5.91 Å². The van der Waals surface area contributed by atoms with E-state index in [1.54, 1.807) is 32.0 Å². The molecule has 3 fully saturated rings. The van der Waals surface area contributed by atoms with Gasteiger partial charge in [-0.1, -0.05) is 43.1 Å². The lowest BCUT2D eigenvalue weighted by atomic mass is 9.81. The van der Waals surface area contributed by atoms with E-state index in [0.29, 0.717) is 5.69 Å². The molecule has 3 amide bonds. The van der Waals surface area contributed by atoms with Crippen LogP contribution in [0.25, 0.3) is 0 Å². The first-order chi connectivity index (χ1) is 14.7. The van der Waals surface area contributed by atoms with Crippen LogP contribution in [0.1, 0.15) is 33.1 Å². The monoisotopic (exact) mass is 466 g/mol. The molecule has 31 heavy (non-hydrogen) atoms. The largest absolute Gasteiger partial charge is 0.454 e. The smallest absolute Gasteiger partial charge is 0.330 e. The maximum absolute atomic E-state index is 13.1. The highest BCUT2D eigenvalue weighted by Gasteiger charge is 2.62. The molecule has 0 spiro atoms. The summed E-state index contributed by atoms with van der Waals surface area (Å²) < 4.78 is 5.20. The van der Waals surface area contributed by atoms with Crippen molar-refractivity contribution in [3.05, 3.63) is 28.2 Å². The van der Waals surface area contributed by atoms with Crippen molar-refractivity contribution < 1.29 is 23.9 Å². The van der Waals surface area contributed by atoms with Gasteiger partial charge in [0.05, 0.1) is 27.6 Å². The van der Waals surface area contributed by atoms with Gasteiger partial charge in [-0.05, 0) is 49.1 Å². The molecular weight excluding hydrogens is 443 g/mol. The maximum Gasteiger partial charge on any atom is 0.330 e. The molecule has 166 valence electrons. The first kappa shape index (κ1) is 22.1. The number of nitrogens with zero attached hydrogens (tertiary/aromatic N) is 1. The second kappa shape index (κ2) is 8.43. The molecule has 1 aromatic rings. The highest BCUT2D eigenvalue weighted by atomic mass is 35.5. The molecule has 7 nitrogen and oxygen atoms in total. The van der Waals surface area contributed by atoms with Gasteiger partial charge in [-0.2, -0.15) is 0 Å². The standard InChI is InChI=1S/C22H24Cl2N2O5/c1-10(2)19(26-20(28)16-11-6-7-12(8-11)17(16)21(26)29)22(30)31-9-15(27)25-14-5-3-4-13(23)18(14)24/h3-5,10-12,16-17,19H,6-9H2,1-2H3,(H,25,27)/t11-,12-,16-,17+,19-/m0/s1. The summed E-state index contributed by atoms with van der Waals surface area (Å²) in [4.78, 5) is 52.3. The number of rotatable bonds is 6. The van der Waals surface area contributed by atoms with Crippen LogP contribution in [-0.4, -0.2) is 41.2 Å². The lowest BCUT2D eigenvalue weighted by Crippen LogP contribution is -2.50. The number of hydrogen-bond acceptors (Lipinski definition) is 5. The number of carbonyl (C=O) groups excluding carboxylic acids is 4. The van der Waals surface area contributed by atoms with E-state index in [1.807, 2.05) is 0 Å². The van der Waals surface area contributed by atoms with Crippen LogP contribution in [0, 0.1) is 29.6 Å². The van der Waals surface area contributed by atoms with Crippen molar-refractivity contribution in [1.82, 2.24) is 4.90 Å².